The predicted octanol–water partition coefficient (Wildman–Crippen LogP) is 2.57. The maximum Gasteiger partial charge on any atom is 0.159 e. The van der Waals surface area contributed by atoms with Crippen molar-refractivity contribution in [2.24, 2.45) is 0 Å². The van der Waals surface area contributed by atoms with Crippen LogP contribution in [0.25, 0.3) is 0 Å². The molecule has 0 aromatic rings. The molecule has 60 valence electrons. The Morgan fingerprint density at radius 3 is 2.30 bits per heavy atom. The molecule has 0 saturated carbocycles. The summed E-state index contributed by atoms with van der Waals surface area (Å²) >= 11 is 3.90. The van der Waals surface area contributed by atoms with Gasteiger partial charge in [-0.2, -0.15) is 0 Å². The van der Waals surface area contributed by atoms with Crippen LogP contribution in [-0.4, -0.2) is 22.9 Å². The Hall–Kier alpha value is 0.660. The van der Waals surface area contributed by atoms with Crippen LogP contribution in [-0.2, 0) is 4.74 Å². The molecule has 0 spiro atoms. The van der Waals surface area contributed by atoms with Gasteiger partial charge in [-0.15, -0.1) is 23.5 Å². The summed E-state index contributed by atoms with van der Waals surface area (Å²) in [5.41, 5.74) is 0. The van der Waals surface area contributed by atoms with Crippen molar-refractivity contribution >= 4 is 23.5 Å². The van der Waals surface area contributed by atoms with Crippen molar-refractivity contribution in [1.29, 1.82) is 0 Å². The number of rotatable bonds is 2. The molecule has 1 heterocycles. The summed E-state index contributed by atoms with van der Waals surface area (Å²) in [7, 11) is 1.81. The van der Waals surface area contributed by atoms with Crippen LogP contribution >= 0.6 is 23.5 Å². The summed E-state index contributed by atoms with van der Waals surface area (Å²) in [4.78, 5) is 0. The topological polar surface area (TPSA) is 9.23 Å². The van der Waals surface area contributed by atoms with Crippen LogP contribution in [0.5, 0.6) is 0 Å². The van der Waals surface area contributed by atoms with Crippen molar-refractivity contribution in [3.05, 3.63) is 0 Å². The van der Waals surface area contributed by atoms with Gasteiger partial charge in [0.2, 0.25) is 0 Å². The maximum absolute atomic E-state index is 5.45. The Kier molecular flexibility index (Phi) is 3.40. The van der Waals surface area contributed by atoms with Gasteiger partial charge in [-0.05, 0) is 24.3 Å². The van der Waals surface area contributed by atoms with E-state index in [4.69, 9.17) is 4.74 Å². The molecule has 1 nitrogen and oxygen atoms in total. The van der Waals surface area contributed by atoms with Gasteiger partial charge < -0.3 is 4.74 Å². The fourth-order valence-corrected chi connectivity index (χ4v) is 3.88. The Morgan fingerprint density at radius 2 is 2.00 bits per heavy atom. The van der Waals surface area contributed by atoms with Gasteiger partial charge >= 0.3 is 0 Å². The summed E-state index contributed by atoms with van der Waals surface area (Å²) in [6.45, 7) is 2.19. The van der Waals surface area contributed by atoms with Gasteiger partial charge in [0.1, 0.15) is 0 Å². The van der Waals surface area contributed by atoms with E-state index in [1.807, 2.05) is 30.6 Å². The minimum absolute atomic E-state index is 0.0955. The van der Waals surface area contributed by atoms with Crippen LogP contribution in [0.1, 0.15) is 19.8 Å². The molecule has 1 fully saturated rings. The molecule has 0 radical (unpaired) electrons. The van der Waals surface area contributed by atoms with Crippen LogP contribution in [0.15, 0.2) is 0 Å². The minimum Gasteiger partial charge on any atom is -0.358 e. The number of ether oxygens (including phenoxy) is 1. The lowest BCUT2D eigenvalue weighted by atomic mass is 10.5. The van der Waals surface area contributed by atoms with Gasteiger partial charge in [0.05, 0.1) is 0 Å². The lowest BCUT2D eigenvalue weighted by molar-refractivity contribution is 0.142. The van der Waals surface area contributed by atoms with Gasteiger partial charge in [-0.25, -0.2) is 0 Å². The monoisotopic (exact) mass is 178 g/mol. The second-order valence-electron chi connectivity index (χ2n) is 2.29. The fourth-order valence-electron chi connectivity index (χ4n) is 1.02. The average molecular weight is 178 g/mol. The quantitative estimate of drug-likeness (QED) is 0.643. The molecule has 0 aromatic carbocycles. The third-order valence-corrected chi connectivity index (χ3v) is 5.16. The molecule has 1 rings (SSSR count). The standard InChI is InChI=1S/C7H14OS2/c1-3-7(8-2)9-5-4-6-10-7/h3-6H2,1-2H3. The molecule has 3 heteroatoms. The zero-order valence-corrected chi connectivity index (χ0v) is 8.19. The summed E-state index contributed by atoms with van der Waals surface area (Å²) in [6.07, 6.45) is 2.44. The van der Waals surface area contributed by atoms with E-state index >= 15 is 0 Å². The second kappa shape index (κ2) is 3.88. The first-order valence-corrected chi connectivity index (χ1v) is 5.63. The van der Waals surface area contributed by atoms with E-state index < -0.39 is 0 Å². The Bertz CT molecular complexity index is 93.8. The third kappa shape index (κ3) is 1.83. The van der Waals surface area contributed by atoms with E-state index in [1.165, 1.54) is 17.9 Å². The molecule has 1 saturated heterocycles. The van der Waals surface area contributed by atoms with E-state index in [9.17, 15) is 0 Å². The van der Waals surface area contributed by atoms with Crippen molar-refractivity contribution in [2.45, 2.75) is 24.0 Å². The molecular weight excluding hydrogens is 164 g/mol. The van der Waals surface area contributed by atoms with Crippen molar-refractivity contribution in [3.8, 4) is 0 Å². The first kappa shape index (κ1) is 8.75. The van der Waals surface area contributed by atoms with Gasteiger partial charge in [0.15, 0.2) is 4.27 Å². The number of hydrogen-bond donors (Lipinski definition) is 0. The summed E-state index contributed by atoms with van der Waals surface area (Å²) in [5.74, 6) is 2.52. The SMILES string of the molecule is CCC1(OC)SCCCS1. The van der Waals surface area contributed by atoms with E-state index in [-0.39, 0.29) is 4.27 Å². The average Bonchev–Trinajstić information content (AvgIpc) is 2.06. The zero-order chi connectivity index (χ0) is 7.45. The fraction of sp³-hybridized carbons (Fsp3) is 1.00. The molecule has 0 aromatic heterocycles. The molecule has 1 aliphatic heterocycles. The maximum atomic E-state index is 5.45. The highest BCUT2D eigenvalue weighted by molar-refractivity contribution is 8.18. The number of hydrogen-bond acceptors (Lipinski definition) is 3. The van der Waals surface area contributed by atoms with E-state index in [2.05, 4.69) is 6.92 Å². The molecule has 0 unspecified atom stereocenters. The Balaban J connectivity index is 2.44. The first-order valence-electron chi connectivity index (χ1n) is 3.66. The molecule has 0 N–H and O–H groups in total. The molecule has 0 aliphatic carbocycles. The van der Waals surface area contributed by atoms with Crippen molar-refractivity contribution in [2.75, 3.05) is 18.6 Å². The lowest BCUT2D eigenvalue weighted by Crippen LogP contribution is -2.26. The van der Waals surface area contributed by atoms with Crippen molar-refractivity contribution in [1.82, 2.24) is 0 Å². The summed E-state index contributed by atoms with van der Waals surface area (Å²) in [6, 6.07) is 0. The molecule has 10 heavy (non-hydrogen) atoms. The minimum atomic E-state index is 0.0955. The zero-order valence-electron chi connectivity index (χ0n) is 6.55. The molecular formula is C7H14OS2. The van der Waals surface area contributed by atoms with Crippen molar-refractivity contribution < 1.29 is 4.74 Å². The van der Waals surface area contributed by atoms with Gasteiger partial charge in [0, 0.05) is 7.11 Å². The van der Waals surface area contributed by atoms with Crippen molar-refractivity contribution in [3.63, 3.8) is 0 Å². The van der Waals surface area contributed by atoms with Crippen LogP contribution < -0.4 is 0 Å². The summed E-state index contributed by atoms with van der Waals surface area (Å²) < 4.78 is 5.55. The first-order chi connectivity index (χ1) is 4.83. The van der Waals surface area contributed by atoms with Crippen LogP contribution in [0.2, 0.25) is 0 Å². The molecule has 0 bridgehead atoms. The molecule has 1 aliphatic rings. The highest BCUT2D eigenvalue weighted by atomic mass is 32.2. The second-order valence-corrected chi connectivity index (χ2v) is 5.26. The van der Waals surface area contributed by atoms with Gasteiger partial charge in [0.25, 0.3) is 0 Å². The normalized spacial score (nSPS) is 24.6. The largest absolute Gasteiger partial charge is 0.358 e. The van der Waals surface area contributed by atoms with E-state index in [1.54, 1.807) is 0 Å². The smallest absolute Gasteiger partial charge is 0.159 e. The van der Waals surface area contributed by atoms with Crippen LogP contribution in [0, 0.1) is 0 Å². The summed E-state index contributed by atoms with van der Waals surface area (Å²) in [5, 5.41) is 0. The molecule has 0 amide bonds. The highest BCUT2D eigenvalue weighted by Crippen LogP contribution is 2.44. The Labute approximate surface area is 71.3 Å². The van der Waals surface area contributed by atoms with E-state index in [0.717, 1.165) is 6.42 Å². The highest BCUT2D eigenvalue weighted by Gasteiger charge is 2.31. The van der Waals surface area contributed by atoms with Gasteiger partial charge in [-0.3, -0.25) is 0 Å². The lowest BCUT2D eigenvalue weighted by Gasteiger charge is -2.33. The van der Waals surface area contributed by atoms with E-state index in [0.29, 0.717) is 0 Å². The van der Waals surface area contributed by atoms with Gasteiger partial charge in [-0.1, -0.05) is 6.92 Å². The predicted molar refractivity (Wildman–Crippen MR) is 49.6 cm³/mol. The number of thioether (sulfide) groups is 2. The number of methoxy groups -OCH3 is 1. The third-order valence-electron chi connectivity index (χ3n) is 1.68. The van der Waals surface area contributed by atoms with Crippen LogP contribution in [0.4, 0.5) is 0 Å². The Morgan fingerprint density at radius 1 is 1.40 bits per heavy atom. The molecule has 0 atom stereocenters. The van der Waals surface area contributed by atoms with Crippen LogP contribution in [0.3, 0.4) is 0 Å².